The Balaban J connectivity index is 1.84. The molecule has 2 atom stereocenters. The number of rotatable bonds is 8. The van der Waals surface area contributed by atoms with Gasteiger partial charge in [0.15, 0.2) is 0 Å². The third-order valence-corrected chi connectivity index (χ3v) is 4.73. The smallest absolute Gasteiger partial charge is 0.0916 e. The topological polar surface area (TPSA) is 12.5 Å². The number of hydrogen-bond donors (Lipinski definition) is 0. The Morgan fingerprint density at radius 3 is 1.92 bits per heavy atom. The van der Waals surface area contributed by atoms with Gasteiger partial charge in [-0.1, -0.05) is 86.7 Å². The normalized spacial score (nSPS) is 18.2. The van der Waals surface area contributed by atoms with Crippen molar-refractivity contribution >= 4 is 0 Å². The quantitative estimate of drug-likeness (QED) is 0.625. The lowest BCUT2D eigenvalue weighted by Crippen LogP contribution is -2.43. The van der Waals surface area contributed by atoms with Gasteiger partial charge in [0, 0.05) is 19.1 Å². The van der Waals surface area contributed by atoms with Crippen LogP contribution in [-0.4, -0.2) is 23.7 Å². The zero-order chi connectivity index (χ0) is 17.5. The van der Waals surface area contributed by atoms with Crippen LogP contribution in [0, 0.1) is 5.92 Å². The van der Waals surface area contributed by atoms with Gasteiger partial charge >= 0.3 is 0 Å². The Bertz CT molecular complexity index is 609. The average molecular weight is 335 g/mol. The maximum Gasteiger partial charge on any atom is 0.0916 e. The molecule has 0 amide bonds. The molecule has 1 heterocycles. The summed E-state index contributed by atoms with van der Waals surface area (Å²) >= 11 is 0. The Hall–Kier alpha value is -1.90. The second kappa shape index (κ2) is 8.98. The van der Waals surface area contributed by atoms with Crippen LogP contribution in [0.15, 0.2) is 72.8 Å². The summed E-state index contributed by atoms with van der Waals surface area (Å²) in [6, 6.07) is 21.9. The Morgan fingerprint density at radius 2 is 1.48 bits per heavy atom. The molecule has 2 unspecified atom stereocenters. The summed E-state index contributed by atoms with van der Waals surface area (Å²) in [5, 5.41) is 0. The molecule has 1 aliphatic heterocycles. The summed E-state index contributed by atoms with van der Waals surface area (Å²) in [5.74, 6) is 0.636. The van der Waals surface area contributed by atoms with E-state index >= 15 is 0 Å². The summed E-state index contributed by atoms with van der Waals surface area (Å²) in [4.78, 5) is 2.59. The molecule has 0 spiro atoms. The van der Waals surface area contributed by atoms with Gasteiger partial charge in [-0.2, -0.15) is 0 Å². The molecule has 0 aliphatic carbocycles. The maximum absolute atomic E-state index is 6.02. The van der Waals surface area contributed by atoms with Gasteiger partial charge in [0.25, 0.3) is 0 Å². The van der Waals surface area contributed by atoms with E-state index in [9.17, 15) is 0 Å². The van der Waals surface area contributed by atoms with Gasteiger partial charge in [-0.05, 0) is 23.5 Å². The highest BCUT2D eigenvalue weighted by molar-refractivity contribution is 5.18. The first-order valence-electron chi connectivity index (χ1n) is 9.32. The fraction of sp³-hybridized carbons (Fsp3) is 0.391. The monoisotopic (exact) mass is 335 g/mol. The van der Waals surface area contributed by atoms with E-state index in [4.69, 9.17) is 4.74 Å². The van der Waals surface area contributed by atoms with Gasteiger partial charge < -0.3 is 4.74 Å². The predicted molar refractivity (Wildman–Crippen MR) is 104 cm³/mol. The summed E-state index contributed by atoms with van der Waals surface area (Å²) in [7, 11) is 0. The summed E-state index contributed by atoms with van der Waals surface area (Å²) in [6.45, 7) is 7.23. The molecular formula is C23H29NO. The molecule has 0 fully saturated rings. The van der Waals surface area contributed by atoms with E-state index in [1.807, 2.05) is 0 Å². The molecule has 2 heteroatoms. The van der Waals surface area contributed by atoms with E-state index in [2.05, 4.69) is 91.6 Å². The molecule has 132 valence electrons. The van der Waals surface area contributed by atoms with Crippen LogP contribution in [0.4, 0.5) is 0 Å². The minimum atomic E-state index is 0.190. The standard InChI is InChI=1S/C23H29NO/c1-19(2)16-22(23-14-9-15-25-23)24(17-20-10-5-3-6-11-20)18-21-12-7-4-8-13-21/h3-14,19,22-23H,15-18H2,1-2H3. The summed E-state index contributed by atoms with van der Waals surface area (Å²) < 4.78 is 6.02. The van der Waals surface area contributed by atoms with Crippen LogP contribution in [0.3, 0.4) is 0 Å². The fourth-order valence-corrected chi connectivity index (χ4v) is 3.55. The van der Waals surface area contributed by atoms with Crippen LogP contribution < -0.4 is 0 Å². The van der Waals surface area contributed by atoms with Crippen LogP contribution in [-0.2, 0) is 17.8 Å². The van der Waals surface area contributed by atoms with Gasteiger partial charge in [-0.15, -0.1) is 0 Å². The molecule has 25 heavy (non-hydrogen) atoms. The first-order chi connectivity index (χ1) is 12.2. The molecule has 2 aromatic carbocycles. The van der Waals surface area contributed by atoms with Crippen molar-refractivity contribution in [3.8, 4) is 0 Å². The largest absolute Gasteiger partial charge is 0.368 e. The third-order valence-electron chi connectivity index (χ3n) is 4.73. The van der Waals surface area contributed by atoms with E-state index in [0.29, 0.717) is 12.0 Å². The first-order valence-corrected chi connectivity index (χ1v) is 9.32. The molecule has 0 saturated carbocycles. The van der Waals surface area contributed by atoms with Crippen molar-refractivity contribution in [2.45, 2.75) is 45.5 Å². The van der Waals surface area contributed by atoms with Crippen LogP contribution in [0.25, 0.3) is 0 Å². The molecule has 0 N–H and O–H groups in total. The zero-order valence-electron chi connectivity index (χ0n) is 15.3. The van der Waals surface area contributed by atoms with Crippen molar-refractivity contribution in [3.63, 3.8) is 0 Å². The minimum absolute atomic E-state index is 0.190. The second-order valence-corrected chi connectivity index (χ2v) is 7.30. The Kier molecular flexibility index (Phi) is 6.43. The maximum atomic E-state index is 6.02. The molecule has 1 aliphatic rings. The van der Waals surface area contributed by atoms with Crippen LogP contribution >= 0.6 is 0 Å². The van der Waals surface area contributed by atoms with Crippen molar-refractivity contribution < 1.29 is 4.74 Å². The van der Waals surface area contributed by atoms with Gasteiger partial charge in [-0.25, -0.2) is 0 Å². The van der Waals surface area contributed by atoms with E-state index < -0.39 is 0 Å². The number of ether oxygens (including phenoxy) is 1. The van der Waals surface area contributed by atoms with Crippen molar-refractivity contribution in [2.75, 3.05) is 6.61 Å². The fourth-order valence-electron chi connectivity index (χ4n) is 3.55. The van der Waals surface area contributed by atoms with Crippen LogP contribution in [0.5, 0.6) is 0 Å². The Morgan fingerprint density at radius 1 is 0.920 bits per heavy atom. The van der Waals surface area contributed by atoms with E-state index in [1.165, 1.54) is 11.1 Å². The summed E-state index contributed by atoms with van der Waals surface area (Å²) in [6.07, 6.45) is 5.72. The lowest BCUT2D eigenvalue weighted by Gasteiger charge is -2.36. The highest BCUT2D eigenvalue weighted by Crippen LogP contribution is 2.25. The highest BCUT2D eigenvalue weighted by atomic mass is 16.5. The molecular weight excluding hydrogens is 306 g/mol. The molecule has 0 radical (unpaired) electrons. The number of hydrogen-bond acceptors (Lipinski definition) is 2. The van der Waals surface area contributed by atoms with E-state index in [1.54, 1.807) is 0 Å². The number of benzene rings is 2. The zero-order valence-corrected chi connectivity index (χ0v) is 15.3. The van der Waals surface area contributed by atoms with Gasteiger partial charge in [0.1, 0.15) is 0 Å². The molecule has 0 bridgehead atoms. The van der Waals surface area contributed by atoms with Gasteiger partial charge in [0.05, 0.1) is 12.7 Å². The molecule has 2 nitrogen and oxygen atoms in total. The molecule has 0 aromatic heterocycles. The van der Waals surface area contributed by atoms with E-state index in [0.717, 1.165) is 26.1 Å². The predicted octanol–water partition coefficient (Wildman–Crippen LogP) is 5.06. The van der Waals surface area contributed by atoms with E-state index in [-0.39, 0.29) is 6.10 Å². The summed E-state index contributed by atoms with van der Waals surface area (Å²) in [5.41, 5.74) is 2.71. The molecule has 3 rings (SSSR count). The minimum Gasteiger partial charge on any atom is -0.368 e. The first kappa shape index (κ1) is 17.9. The van der Waals surface area contributed by atoms with Crippen LogP contribution in [0.2, 0.25) is 0 Å². The SMILES string of the molecule is CC(C)CC(C1C=CCO1)N(Cc1ccccc1)Cc1ccccc1. The number of nitrogens with zero attached hydrogens (tertiary/aromatic N) is 1. The van der Waals surface area contributed by atoms with Crippen molar-refractivity contribution in [3.05, 3.63) is 83.9 Å². The third kappa shape index (κ3) is 5.29. The lowest BCUT2D eigenvalue weighted by molar-refractivity contribution is 0.0209. The van der Waals surface area contributed by atoms with Gasteiger partial charge in [0.2, 0.25) is 0 Å². The second-order valence-electron chi connectivity index (χ2n) is 7.30. The highest BCUT2D eigenvalue weighted by Gasteiger charge is 2.29. The van der Waals surface area contributed by atoms with Crippen molar-refractivity contribution in [1.82, 2.24) is 4.90 Å². The van der Waals surface area contributed by atoms with Crippen molar-refractivity contribution in [2.24, 2.45) is 5.92 Å². The average Bonchev–Trinajstić information content (AvgIpc) is 3.15. The van der Waals surface area contributed by atoms with Crippen molar-refractivity contribution in [1.29, 1.82) is 0 Å². The lowest BCUT2D eigenvalue weighted by atomic mass is 9.96. The van der Waals surface area contributed by atoms with Gasteiger partial charge in [-0.3, -0.25) is 4.90 Å². The molecule has 0 saturated heterocycles. The molecule has 2 aromatic rings. The van der Waals surface area contributed by atoms with Crippen LogP contribution in [0.1, 0.15) is 31.4 Å². The Labute approximate surface area is 152 Å².